The van der Waals surface area contributed by atoms with E-state index in [4.69, 9.17) is 4.52 Å². The molecule has 0 aliphatic carbocycles. The second kappa shape index (κ2) is 5.70. The molecule has 1 aliphatic rings. The van der Waals surface area contributed by atoms with E-state index in [9.17, 15) is 22.8 Å². The van der Waals surface area contributed by atoms with Crippen LogP contribution in [-0.2, 0) is 16.1 Å². The highest BCUT2D eigenvalue weighted by Crippen LogP contribution is 2.23. The first-order valence-electron chi connectivity index (χ1n) is 6.16. The zero-order valence-electron chi connectivity index (χ0n) is 11.1. The quantitative estimate of drug-likeness (QED) is 0.870. The molecular weight excluding hydrogens is 293 g/mol. The molecule has 0 saturated carbocycles. The zero-order valence-corrected chi connectivity index (χ0v) is 11.1. The van der Waals surface area contributed by atoms with Crippen LogP contribution < -0.4 is 5.32 Å². The summed E-state index contributed by atoms with van der Waals surface area (Å²) in [5, 5.41) is 5.99. The summed E-state index contributed by atoms with van der Waals surface area (Å²) in [7, 11) is 0. The molecule has 1 atom stereocenters. The minimum atomic E-state index is -4.47. The van der Waals surface area contributed by atoms with Gasteiger partial charge in [-0.2, -0.15) is 18.2 Å². The van der Waals surface area contributed by atoms with Crippen molar-refractivity contribution in [1.29, 1.82) is 0 Å². The number of alkyl halides is 3. The van der Waals surface area contributed by atoms with Gasteiger partial charge in [-0.05, 0) is 6.92 Å². The lowest BCUT2D eigenvalue weighted by Gasteiger charge is -2.18. The van der Waals surface area contributed by atoms with Gasteiger partial charge in [0.1, 0.15) is 6.54 Å². The monoisotopic (exact) mass is 306 g/mol. The van der Waals surface area contributed by atoms with Gasteiger partial charge in [-0.25, -0.2) is 0 Å². The van der Waals surface area contributed by atoms with Crippen molar-refractivity contribution in [3.8, 4) is 0 Å². The number of nitrogens with zero attached hydrogens (tertiary/aromatic N) is 3. The molecule has 1 aliphatic heterocycles. The first-order chi connectivity index (χ1) is 9.74. The number of carbonyl (C=O) groups excluding carboxylic acids is 2. The van der Waals surface area contributed by atoms with Gasteiger partial charge in [-0.1, -0.05) is 5.16 Å². The summed E-state index contributed by atoms with van der Waals surface area (Å²) in [5.74, 6) is -1.39. The Labute approximate surface area is 117 Å². The Morgan fingerprint density at radius 2 is 2.24 bits per heavy atom. The number of halogens is 3. The summed E-state index contributed by atoms with van der Waals surface area (Å²) >= 11 is 0. The topological polar surface area (TPSA) is 88.3 Å². The van der Waals surface area contributed by atoms with Crippen LogP contribution in [0.5, 0.6) is 0 Å². The average Bonchev–Trinajstić information content (AvgIpc) is 2.92. The predicted molar refractivity (Wildman–Crippen MR) is 61.6 cm³/mol. The fourth-order valence-corrected chi connectivity index (χ4v) is 2.04. The number of hydrogen-bond acceptors (Lipinski definition) is 5. The van der Waals surface area contributed by atoms with E-state index in [0.717, 1.165) is 0 Å². The molecule has 0 unspecified atom stereocenters. The zero-order chi connectivity index (χ0) is 15.6. The smallest absolute Gasteiger partial charge is 0.347 e. The highest BCUT2D eigenvalue weighted by molar-refractivity contribution is 5.89. The lowest BCUT2D eigenvalue weighted by atomic mass is 10.1. The first kappa shape index (κ1) is 15.3. The largest absolute Gasteiger partial charge is 0.406 e. The maximum absolute atomic E-state index is 12.3. The number of aromatic nitrogens is 2. The SMILES string of the molecule is Cc1noc(CNC(=O)[C@H]2CC(=O)N(CC(F)(F)F)C2)n1. The van der Waals surface area contributed by atoms with Crippen molar-refractivity contribution in [3.63, 3.8) is 0 Å². The summed E-state index contributed by atoms with van der Waals surface area (Å²) in [5.41, 5.74) is 0. The van der Waals surface area contributed by atoms with E-state index in [1.165, 1.54) is 0 Å². The average molecular weight is 306 g/mol. The Morgan fingerprint density at radius 1 is 1.52 bits per heavy atom. The Morgan fingerprint density at radius 3 is 2.81 bits per heavy atom. The van der Waals surface area contributed by atoms with Crippen molar-refractivity contribution < 1.29 is 27.3 Å². The van der Waals surface area contributed by atoms with E-state index < -0.39 is 30.5 Å². The molecule has 0 radical (unpaired) electrons. The van der Waals surface area contributed by atoms with Crippen molar-refractivity contribution in [3.05, 3.63) is 11.7 Å². The molecule has 10 heteroatoms. The van der Waals surface area contributed by atoms with Crippen LogP contribution in [-0.4, -0.2) is 46.1 Å². The third-order valence-corrected chi connectivity index (χ3v) is 2.94. The number of likely N-dealkylation sites (tertiary alicyclic amines) is 1. The van der Waals surface area contributed by atoms with Crippen molar-refractivity contribution >= 4 is 11.8 Å². The molecule has 2 heterocycles. The van der Waals surface area contributed by atoms with Crippen LogP contribution in [0.1, 0.15) is 18.1 Å². The molecule has 1 N–H and O–H groups in total. The summed E-state index contributed by atoms with van der Waals surface area (Å²) in [4.78, 5) is 27.8. The molecule has 0 bridgehead atoms. The van der Waals surface area contributed by atoms with E-state index in [-0.39, 0.29) is 25.4 Å². The van der Waals surface area contributed by atoms with E-state index in [1.54, 1.807) is 6.92 Å². The molecule has 21 heavy (non-hydrogen) atoms. The number of rotatable bonds is 4. The van der Waals surface area contributed by atoms with E-state index in [1.807, 2.05) is 0 Å². The highest BCUT2D eigenvalue weighted by atomic mass is 19.4. The molecule has 116 valence electrons. The van der Waals surface area contributed by atoms with Gasteiger partial charge in [0.05, 0.1) is 12.5 Å². The third kappa shape index (κ3) is 4.17. The number of amides is 2. The lowest BCUT2D eigenvalue weighted by Crippen LogP contribution is -2.37. The molecule has 1 fully saturated rings. The van der Waals surface area contributed by atoms with Gasteiger partial charge < -0.3 is 14.7 Å². The van der Waals surface area contributed by atoms with Gasteiger partial charge in [0, 0.05) is 13.0 Å². The molecule has 7 nitrogen and oxygen atoms in total. The van der Waals surface area contributed by atoms with Crippen LogP contribution in [0.15, 0.2) is 4.52 Å². The van der Waals surface area contributed by atoms with Gasteiger partial charge in [-0.15, -0.1) is 0 Å². The van der Waals surface area contributed by atoms with Crippen LogP contribution in [0.3, 0.4) is 0 Å². The van der Waals surface area contributed by atoms with E-state index >= 15 is 0 Å². The summed E-state index contributed by atoms with van der Waals surface area (Å²) < 4.78 is 41.6. The summed E-state index contributed by atoms with van der Waals surface area (Å²) in [6.07, 6.45) is -4.70. The van der Waals surface area contributed by atoms with Crippen molar-refractivity contribution in [2.24, 2.45) is 5.92 Å². The Kier molecular flexibility index (Phi) is 4.14. The first-order valence-corrected chi connectivity index (χ1v) is 6.16. The normalized spacial score (nSPS) is 19.1. The molecule has 0 spiro atoms. The van der Waals surface area contributed by atoms with Gasteiger partial charge in [-0.3, -0.25) is 9.59 Å². The summed E-state index contributed by atoms with van der Waals surface area (Å²) in [6, 6.07) is 0. The maximum Gasteiger partial charge on any atom is 0.406 e. The minimum absolute atomic E-state index is 0.0242. The Balaban J connectivity index is 1.85. The number of carbonyl (C=O) groups is 2. The van der Waals surface area contributed by atoms with Gasteiger partial charge in [0.25, 0.3) is 0 Å². The molecule has 2 rings (SSSR count). The maximum atomic E-state index is 12.3. The number of nitrogens with one attached hydrogen (secondary N) is 1. The standard InChI is InChI=1S/C11H13F3N4O3/c1-6-16-8(21-17-6)3-15-10(20)7-2-9(19)18(4-7)5-11(12,13)14/h7H,2-5H2,1H3,(H,15,20)/t7-/m0/s1. The molecule has 1 aromatic heterocycles. The Bertz CT molecular complexity index is 543. The fraction of sp³-hybridized carbons (Fsp3) is 0.636. The van der Waals surface area contributed by atoms with Crippen molar-refractivity contribution in [2.45, 2.75) is 26.1 Å². The minimum Gasteiger partial charge on any atom is -0.347 e. The van der Waals surface area contributed by atoms with Crippen molar-refractivity contribution in [2.75, 3.05) is 13.1 Å². The third-order valence-electron chi connectivity index (χ3n) is 2.94. The van der Waals surface area contributed by atoms with E-state index in [0.29, 0.717) is 10.7 Å². The van der Waals surface area contributed by atoms with Crippen molar-refractivity contribution in [1.82, 2.24) is 20.4 Å². The molecule has 1 saturated heterocycles. The highest BCUT2D eigenvalue weighted by Gasteiger charge is 2.40. The summed E-state index contributed by atoms with van der Waals surface area (Å²) in [6.45, 7) is 0.00854. The van der Waals surface area contributed by atoms with Gasteiger partial charge in [0.2, 0.25) is 17.7 Å². The van der Waals surface area contributed by atoms with E-state index in [2.05, 4.69) is 15.5 Å². The Hall–Kier alpha value is -2.13. The molecule has 2 amide bonds. The second-order valence-electron chi connectivity index (χ2n) is 4.74. The van der Waals surface area contributed by atoms with Gasteiger partial charge in [0.15, 0.2) is 5.82 Å². The van der Waals surface area contributed by atoms with Crippen LogP contribution in [0, 0.1) is 12.8 Å². The lowest BCUT2D eigenvalue weighted by molar-refractivity contribution is -0.157. The van der Waals surface area contributed by atoms with Crippen LogP contribution in [0.4, 0.5) is 13.2 Å². The molecule has 1 aromatic rings. The van der Waals surface area contributed by atoms with Gasteiger partial charge >= 0.3 is 6.18 Å². The number of aryl methyl sites for hydroxylation is 1. The number of hydrogen-bond donors (Lipinski definition) is 1. The van der Waals surface area contributed by atoms with Crippen LogP contribution in [0.2, 0.25) is 0 Å². The fourth-order valence-electron chi connectivity index (χ4n) is 2.04. The van der Waals surface area contributed by atoms with Crippen LogP contribution >= 0.6 is 0 Å². The molecular formula is C11H13F3N4O3. The van der Waals surface area contributed by atoms with Crippen LogP contribution in [0.25, 0.3) is 0 Å². The predicted octanol–water partition coefficient (Wildman–Crippen LogP) is 0.405. The second-order valence-corrected chi connectivity index (χ2v) is 4.74. The molecule has 0 aromatic carbocycles.